The van der Waals surface area contributed by atoms with E-state index in [1.54, 1.807) is 0 Å². The van der Waals surface area contributed by atoms with Gasteiger partial charge in [-0.05, 0) is 49.9 Å². The molecule has 82 valence electrons. The van der Waals surface area contributed by atoms with Crippen LogP contribution in [0.15, 0.2) is 24.5 Å². The van der Waals surface area contributed by atoms with Crippen molar-refractivity contribution in [1.82, 2.24) is 9.88 Å². The largest absolute Gasteiger partial charge is 0.303 e. The summed E-state index contributed by atoms with van der Waals surface area (Å²) in [5.41, 5.74) is 1.39. The van der Waals surface area contributed by atoms with Gasteiger partial charge < -0.3 is 4.90 Å². The Kier molecular flexibility index (Phi) is 3.73. The molecule has 2 heteroatoms. The van der Waals surface area contributed by atoms with Crippen LogP contribution >= 0.6 is 0 Å². The van der Waals surface area contributed by atoms with Crippen LogP contribution in [0.3, 0.4) is 0 Å². The summed E-state index contributed by atoms with van der Waals surface area (Å²) >= 11 is 0. The third-order valence-corrected chi connectivity index (χ3v) is 3.30. The van der Waals surface area contributed by atoms with E-state index in [0.717, 1.165) is 5.92 Å². The molecule has 0 aromatic carbocycles. The van der Waals surface area contributed by atoms with Gasteiger partial charge in [0, 0.05) is 18.9 Å². The first-order valence-corrected chi connectivity index (χ1v) is 5.99. The van der Waals surface area contributed by atoms with Crippen LogP contribution < -0.4 is 0 Å². The van der Waals surface area contributed by atoms with Crippen LogP contribution in [0.4, 0.5) is 0 Å². The van der Waals surface area contributed by atoms with E-state index in [0.29, 0.717) is 0 Å². The third kappa shape index (κ3) is 3.03. The lowest BCUT2D eigenvalue weighted by atomic mass is 9.92. The molecule has 0 N–H and O–H groups in total. The van der Waals surface area contributed by atoms with Crippen molar-refractivity contribution < 1.29 is 0 Å². The molecule has 2 rings (SSSR count). The minimum absolute atomic E-state index is 0.836. The molecule has 1 fully saturated rings. The second-order valence-corrected chi connectivity index (χ2v) is 4.47. The second kappa shape index (κ2) is 5.26. The van der Waals surface area contributed by atoms with Crippen molar-refractivity contribution in [2.24, 2.45) is 5.92 Å². The molecule has 0 radical (unpaired) electrons. The molecule has 0 bridgehead atoms. The van der Waals surface area contributed by atoms with Gasteiger partial charge in [0.2, 0.25) is 0 Å². The van der Waals surface area contributed by atoms with Crippen LogP contribution in [-0.2, 0) is 6.42 Å². The summed E-state index contributed by atoms with van der Waals surface area (Å²) in [6.07, 6.45) is 7.79. The lowest BCUT2D eigenvalue weighted by Crippen LogP contribution is -2.35. The standard InChI is InChI=1S/C13H20N2/c1-2-15-8-4-6-13(11-15)9-12-5-3-7-14-10-12/h3,5,7,10,13H,2,4,6,8-9,11H2,1H3. The van der Waals surface area contributed by atoms with Crippen LogP contribution in [0, 0.1) is 5.92 Å². The molecule has 1 saturated heterocycles. The van der Waals surface area contributed by atoms with Gasteiger partial charge >= 0.3 is 0 Å². The van der Waals surface area contributed by atoms with Crippen molar-refractivity contribution in [2.75, 3.05) is 19.6 Å². The van der Waals surface area contributed by atoms with Gasteiger partial charge in [0.15, 0.2) is 0 Å². The van der Waals surface area contributed by atoms with Gasteiger partial charge in [0.1, 0.15) is 0 Å². The van der Waals surface area contributed by atoms with Gasteiger partial charge in [-0.1, -0.05) is 13.0 Å². The minimum atomic E-state index is 0.836. The highest BCUT2D eigenvalue weighted by Crippen LogP contribution is 2.19. The maximum Gasteiger partial charge on any atom is 0.0299 e. The number of nitrogens with zero attached hydrogens (tertiary/aromatic N) is 2. The van der Waals surface area contributed by atoms with Crippen LogP contribution in [0.5, 0.6) is 0 Å². The molecule has 0 amide bonds. The van der Waals surface area contributed by atoms with Crippen LogP contribution in [-0.4, -0.2) is 29.5 Å². The topological polar surface area (TPSA) is 16.1 Å². The van der Waals surface area contributed by atoms with Crippen LogP contribution in [0.25, 0.3) is 0 Å². The molecule has 1 aliphatic heterocycles. The van der Waals surface area contributed by atoms with Crippen LogP contribution in [0.1, 0.15) is 25.3 Å². The lowest BCUT2D eigenvalue weighted by Gasteiger charge is -2.31. The Labute approximate surface area is 92.3 Å². The molecule has 1 aromatic heterocycles. The average Bonchev–Trinajstić information content (AvgIpc) is 2.31. The Morgan fingerprint density at radius 2 is 2.47 bits per heavy atom. The van der Waals surface area contributed by atoms with Crippen molar-refractivity contribution >= 4 is 0 Å². The first-order valence-electron chi connectivity index (χ1n) is 5.99. The first kappa shape index (κ1) is 10.6. The molecule has 1 unspecified atom stereocenters. The Balaban J connectivity index is 1.89. The van der Waals surface area contributed by atoms with Crippen LogP contribution in [0.2, 0.25) is 0 Å². The van der Waals surface area contributed by atoms with Crippen molar-refractivity contribution in [1.29, 1.82) is 0 Å². The van der Waals surface area contributed by atoms with Crippen molar-refractivity contribution in [2.45, 2.75) is 26.2 Å². The molecule has 0 spiro atoms. The van der Waals surface area contributed by atoms with Crippen molar-refractivity contribution in [3.8, 4) is 0 Å². The Bertz CT molecular complexity index is 284. The minimum Gasteiger partial charge on any atom is -0.303 e. The smallest absolute Gasteiger partial charge is 0.0299 e. The van der Waals surface area contributed by atoms with E-state index < -0.39 is 0 Å². The highest BCUT2D eigenvalue weighted by molar-refractivity contribution is 5.09. The van der Waals surface area contributed by atoms with Crippen molar-refractivity contribution in [3.63, 3.8) is 0 Å². The van der Waals surface area contributed by atoms with E-state index in [9.17, 15) is 0 Å². The van der Waals surface area contributed by atoms with Gasteiger partial charge in [-0.3, -0.25) is 4.98 Å². The predicted molar refractivity (Wildman–Crippen MR) is 62.8 cm³/mol. The zero-order chi connectivity index (χ0) is 10.5. The van der Waals surface area contributed by atoms with E-state index in [1.807, 2.05) is 18.5 Å². The zero-order valence-electron chi connectivity index (χ0n) is 9.52. The Hall–Kier alpha value is -0.890. The number of hydrogen-bond acceptors (Lipinski definition) is 2. The SMILES string of the molecule is CCN1CCCC(Cc2cccnc2)C1. The molecule has 1 aromatic rings. The maximum atomic E-state index is 4.18. The Morgan fingerprint density at radius 3 is 3.20 bits per heavy atom. The maximum absolute atomic E-state index is 4.18. The van der Waals surface area contributed by atoms with Gasteiger partial charge in [-0.25, -0.2) is 0 Å². The highest BCUT2D eigenvalue weighted by atomic mass is 15.1. The summed E-state index contributed by atoms with van der Waals surface area (Å²) in [6, 6.07) is 4.23. The van der Waals surface area contributed by atoms with E-state index in [-0.39, 0.29) is 0 Å². The molecule has 2 heterocycles. The first-order chi connectivity index (χ1) is 7.38. The van der Waals surface area contributed by atoms with Gasteiger partial charge in [0.25, 0.3) is 0 Å². The van der Waals surface area contributed by atoms with Gasteiger partial charge in [0.05, 0.1) is 0 Å². The average molecular weight is 204 g/mol. The molecule has 0 aliphatic carbocycles. The molecule has 1 aliphatic rings. The van der Waals surface area contributed by atoms with Gasteiger partial charge in [-0.15, -0.1) is 0 Å². The quantitative estimate of drug-likeness (QED) is 0.751. The summed E-state index contributed by atoms with van der Waals surface area (Å²) in [5.74, 6) is 0.836. The predicted octanol–water partition coefficient (Wildman–Crippen LogP) is 2.36. The number of rotatable bonds is 3. The molecule has 1 atom stereocenters. The fourth-order valence-electron chi connectivity index (χ4n) is 2.46. The van der Waals surface area contributed by atoms with Gasteiger partial charge in [-0.2, -0.15) is 0 Å². The highest BCUT2D eigenvalue weighted by Gasteiger charge is 2.18. The number of likely N-dealkylation sites (tertiary alicyclic amines) is 1. The second-order valence-electron chi connectivity index (χ2n) is 4.47. The fraction of sp³-hybridized carbons (Fsp3) is 0.615. The molecule has 15 heavy (non-hydrogen) atoms. The number of aromatic nitrogens is 1. The number of pyridine rings is 1. The monoisotopic (exact) mass is 204 g/mol. The molecule has 0 saturated carbocycles. The van der Waals surface area contributed by atoms with E-state index in [4.69, 9.17) is 0 Å². The zero-order valence-corrected chi connectivity index (χ0v) is 9.52. The summed E-state index contributed by atoms with van der Waals surface area (Å²) in [4.78, 5) is 6.74. The summed E-state index contributed by atoms with van der Waals surface area (Å²) in [5, 5.41) is 0. The van der Waals surface area contributed by atoms with Crippen molar-refractivity contribution in [3.05, 3.63) is 30.1 Å². The number of piperidine rings is 1. The fourth-order valence-corrected chi connectivity index (χ4v) is 2.46. The molecule has 2 nitrogen and oxygen atoms in total. The normalized spacial score (nSPS) is 22.9. The molecular formula is C13H20N2. The van der Waals surface area contributed by atoms with E-state index in [1.165, 1.54) is 44.5 Å². The van der Waals surface area contributed by atoms with E-state index >= 15 is 0 Å². The molecular weight excluding hydrogens is 184 g/mol. The Morgan fingerprint density at radius 1 is 1.53 bits per heavy atom. The lowest BCUT2D eigenvalue weighted by molar-refractivity contribution is 0.182. The third-order valence-electron chi connectivity index (χ3n) is 3.30. The summed E-state index contributed by atoms with van der Waals surface area (Å²) in [7, 11) is 0. The number of hydrogen-bond donors (Lipinski definition) is 0. The summed E-state index contributed by atoms with van der Waals surface area (Å²) < 4.78 is 0. The van der Waals surface area contributed by atoms with E-state index in [2.05, 4.69) is 22.9 Å². The summed E-state index contributed by atoms with van der Waals surface area (Å²) in [6.45, 7) is 6.02.